The number of benzene rings is 3. The summed E-state index contributed by atoms with van der Waals surface area (Å²) in [6.45, 7) is 7.86. The van der Waals surface area contributed by atoms with Gasteiger partial charge in [-0.1, -0.05) is 24.3 Å². The van der Waals surface area contributed by atoms with Crippen molar-refractivity contribution < 1.29 is 29.3 Å². The van der Waals surface area contributed by atoms with Gasteiger partial charge in [-0.05, 0) is 86.8 Å². The number of aromatic hydroxyl groups is 1. The van der Waals surface area contributed by atoms with E-state index < -0.39 is 17.7 Å². The van der Waals surface area contributed by atoms with E-state index in [1.165, 1.54) is 17.0 Å². The zero-order valence-electron chi connectivity index (χ0n) is 21.6. The molecule has 2 N–H and O–H groups in total. The van der Waals surface area contributed by atoms with Crippen molar-refractivity contribution in [3.8, 4) is 17.2 Å². The van der Waals surface area contributed by atoms with E-state index in [1.54, 1.807) is 37.4 Å². The highest BCUT2D eigenvalue weighted by molar-refractivity contribution is 6.46. The van der Waals surface area contributed by atoms with E-state index in [4.69, 9.17) is 9.47 Å². The maximum Gasteiger partial charge on any atom is 0.295 e. The van der Waals surface area contributed by atoms with E-state index in [0.717, 1.165) is 11.1 Å². The van der Waals surface area contributed by atoms with E-state index in [0.29, 0.717) is 22.6 Å². The van der Waals surface area contributed by atoms with Crippen LogP contribution in [0.4, 0.5) is 0 Å². The van der Waals surface area contributed by atoms with E-state index in [9.17, 15) is 19.8 Å². The minimum Gasteiger partial charge on any atom is -0.508 e. The second kappa shape index (κ2) is 10.0. The molecule has 1 atom stereocenters. The molecule has 1 unspecified atom stereocenters. The Kier molecular flexibility index (Phi) is 6.99. The number of carbonyl (C=O) groups excluding carboxylic acids is 2. The van der Waals surface area contributed by atoms with Crippen molar-refractivity contribution in [2.45, 2.75) is 45.9 Å². The topological polar surface area (TPSA) is 96.3 Å². The Hall–Kier alpha value is -4.26. The van der Waals surface area contributed by atoms with Crippen LogP contribution in [-0.4, -0.2) is 39.5 Å². The molecule has 0 radical (unpaired) electrons. The molecule has 0 aromatic heterocycles. The van der Waals surface area contributed by atoms with Gasteiger partial charge in [0.2, 0.25) is 0 Å². The zero-order chi connectivity index (χ0) is 26.9. The van der Waals surface area contributed by atoms with Crippen molar-refractivity contribution in [1.29, 1.82) is 0 Å². The molecule has 7 heteroatoms. The lowest BCUT2D eigenvalue weighted by Crippen LogP contribution is -2.29. The fourth-order valence-electron chi connectivity index (χ4n) is 4.44. The molecule has 0 bridgehead atoms. The number of carbonyl (C=O) groups is 2. The number of hydrogen-bond donors (Lipinski definition) is 2. The standard InChI is InChI=1S/C30H31NO6/c1-18-16-21(10-15-24(18)36-5)27(33)25-26(20-8-11-22(32)12-9-20)31(29(35)28(25)34)17-19-6-13-23(14-7-19)37-30(2,3)4/h6-16,26,32-33H,17H2,1-5H3/b27-25-. The lowest BCUT2D eigenvalue weighted by atomic mass is 9.94. The predicted octanol–water partition coefficient (Wildman–Crippen LogP) is 5.51. The number of likely N-dealkylation sites (tertiary alicyclic amines) is 1. The monoisotopic (exact) mass is 501 g/mol. The number of phenols is 1. The molecule has 1 fully saturated rings. The van der Waals surface area contributed by atoms with Crippen LogP contribution in [0.5, 0.6) is 17.2 Å². The third-order valence-corrected chi connectivity index (χ3v) is 6.12. The van der Waals surface area contributed by atoms with Gasteiger partial charge >= 0.3 is 0 Å². The summed E-state index contributed by atoms with van der Waals surface area (Å²) >= 11 is 0. The van der Waals surface area contributed by atoms with E-state index in [-0.39, 0.29) is 29.2 Å². The summed E-state index contributed by atoms with van der Waals surface area (Å²) in [5.41, 5.74) is 2.22. The van der Waals surface area contributed by atoms with Gasteiger partial charge in [0.05, 0.1) is 18.7 Å². The average Bonchev–Trinajstić information content (AvgIpc) is 3.09. The fraction of sp³-hybridized carbons (Fsp3) is 0.267. The van der Waals surface area contributed by atoms with Crippen LogP contribution in [0.1, 0.15) is 49.1 Å². The number of amides is 1. The highest BCUT2D eigenvalue weighted by Crippen LogP contribution is 2.41. The number of hydrogen-bond acceptors (Lipinski definition) is 6. The number of Topliss-reactive ketones (excluding diaryl/α,β-unsaturated/α-hetero) is 1. The summed E-state index contributed by atoms with van der Waals surface area (Å²) in [6.07, 6.45) is 0. The van der Waals surface area contributed by atoms with Crippen LogP contribution in [0, 0.1) is 6.92 Å². The summed E-state index contributed by atoms with van der Waals surface area (Å²) in [4.78, 5) is 28.0. The van der Waals surface area contributed by atoms with Gasteiger partial charge in [-0.15, -0.1) is 0 Å². The second-order valence-electron chi connectivity index (χ2n) is 10.1. The molecule has 1 aliphatic heterocycles. The number of aryl methyl sites for hydroxylation is 1. The van der Waals surface area contributed by atoms with Gasteiger partial charge in [0, 0.05) is 12.1 Å². The van der Waals surface area contributed by atoms with E-state index in [1.807, 2.05) is 52.0 Å². The fourth-order valence-corrected chi connectivity index (χ4v) is 4.44. The number of nitrogens with zero attached hydrogens (tertiary/aromatic N) is 1. The Balaban J connectivity index is 1.76. The average molecular weight is 502 g/mol. The van der Waals surface area contributed by atoms with Crippen molar-refractivity contribution in [2.24, 2.45) is 0 Å². The molecule has 0 spiro atoms. The van der Waals surface area contributed by atoms with Crippen LogP contribution < -0.4 is 9.47 Å². The largest absolute Gasteiger partial charge is 0.508 e. The number of methoxy groups -OCH3 is 1. The van der Waals surface area contributed by atoms with Crippen molar-refractivity contribution in [2.75, 3.05) is 7.11 Å². The van der Waals surface area contributed by atoms with Gasteiger partial charge in [-0.3, -0.25) is 9.59 Å². The number of phenolic OH excluding ortho intramolecular Hbond substituents is 1. The first kappa shape index (κ1) is 25.8. The summed E-state index contributed by atoms with van der Waals surface area (Å²) in [7, 11) is 1.56. The van der Waals surface area contributed by atoms with Crippen LogP contribution in [0.25, 0.3) is 5.76 Å². The normalized spacial score (nSPS) is 17.2. The Morgan fingerprint density at radius 3 is 2.19 bits per heavy atom. The number of ether oxygens (including phenoxy) is 2. The van der Waals surface area contributed by atoms with Crippen LogP contribution in [0.15, 0.2) is 72.3 Å². The number of aliphatic hydroxyl groups is 1. The summed E-state index contributed by atoms with van der Waals surface area (Å²) in [6, 6.07) is 17.8. The minimum absolute atomic E-state index is 0.00653. The van der Waals surface area contributed by atoms with Gasteiger partial charge in [0.15, 0.2) is 0 Å². The minimum atomic E-state index is -0.839. The smallest absolute Gasteiger partial charge is 0.295 e. The van der Waals surface area contributed by atoms with Crippen LogP contribution in [-0.2, 0) is 16.1 Å². The number of aliphatic hydroxyl groups excluding tert-OH is 1. The highest BCUT2D eigenvalue weighted by atomic mass is 16.5. The first-order chi connectivity index (χ1) is 17.5. The lowest BCUT2D eigenvalue weighted by molar-refractivity contribution is -0.140. The molecular formula is C30H31NO6. The first-order valence-corrected chi connectivity index (χ1v) is 12.0. The van der Waals surface area contributed by atoms with Gasteiger partial charge in [-0.25, -0.2) is 0 Å². The SMILES string of the molecule is COc1ccc(/C(O)=C2/C(=O)C(=O)N(Cc3ccc(OC(C)(C)C)cc3)C2c2ccc(O)cc2)cc1C. The second-order valence-corrected chi connectivity index (χ2v) is 10.1. The summed E-state index contributed by atoms with van der Waals surface area (Å²) in [5, 5.41) is 21.1. The van der Waals surface area contributed by atoms with Crippen LogP contribution in [0.3, 0.4) is 0 Å². The predicted molar refractivity (Wildman–Crippen MR) is 141 cm³/mol. The van der Waals surface area contributed by atoms with Crippen molar-refractivity contribution in [3.05, 3.63) is 94.6 Å². The zero-order valence-corrected chi connectivity index (χ0v) is 21.6. The summed E-state index contributed by atoms with van der Waals surface area (Å²) in [5.74, 6) is -0.342. The Morgan fingerprint density at radius 2 is 1.62 bits per heavy atom. The molecule has 3 aromatic rings. The molecule has 37 heavy (non-hydrogen) atoms. The Morgan fingerprint density at radius 1 is 0.973 bits per heavy atom. The Bertz CT molecular complexity index is 1350. The molecule has 0 aliphatic carbocycles. The molecule has 1 saturated heterocycles. The molecule has 1 heterocycles. The molecule has 1 amide bonds. The lowest BCUT2D eigenvalue weighted by Gasteiger charge is -2.26. The summed E-state index contributed by atoms with van der Waals surface area (Å²) < 4.78 is 11.2. The van der Waals surface area contributed by atoms with Gasteiger partial charge in [0.25, 0.3) is 11.7 Å². The quantitative estimate of drug-likeness (QED) is 0.263. The molecule has 0 saturated carbocycles. The maximum atomic E-state index is 13.3. The van der Waals surface area contributed by atoms with Gasteiger partial charge in [-0.2, -0.15) is 0 Å². The van der Waals surface area contributed by atoms with E-state index in [2.05, 4.69) is 0 Å². The third-order valence-electron chi connectivity index (χ3n) is 6.12. The van der Waals surface area contributed by atoms with Crippen molar-refractivity contribution in [3.63, 3.8) is 0 Å². The van der Waals surface area contributed by atoms with Crippen molar-refractivity contribution in [1.82, 2.24) is 4.90 Å². The number of ketones is 1. The van der Waals surface area contributed by atoms with Crippen molar-refractivity contribution >= 4 is 17.4 Å². The van der Waals surface area contributed by atoms with Crippen LogP contribution >= 0.6 is 0 Å². The third kappa shape index (κ3) is 5.45. The molecule has 192 valence electrons. The molecular weight excluding hydrogens is 470 g/mol. The van der Waals surface area contributed by atoms with Crippen LogP contribution in [0.2, 0.25) is 0 Å². The first-order valence-electron chi connectivity index (χ1n) is 12.0. The highest BCUT2D eigenvalue weighted by Gasteiger charge is 2.46. The molecule has 3 aromatic carbocycles. The maximum absolute atomic E-state index is 13.3. The molecule has 4 rings (SSSR count). The molecule has 7 nitrogen and oxygen atoms in total. The number of rotatable bonds is 6. The van der Waals surface area contributed by atoms with Gasteiger partial charge in [0.1, 0.15) is 28.6 Å². The van der Waals surface area contributed by atoms with E-state index >= 15 is 0 Å². The van der Waals surface area contributed by atoms with Gasteiger partial charge < -0.3 is 24.6 Å². The molecule has 1 aliphatic rings. The Labute approximate surface area is 216 Å².